The van der Waals surface area contributed by atoms with Crippen molar-refractivity contribution < 1.29 is 5.21 Å². The minimum atomic E-state index is 0.799. The van der Waals surface area contributed by atoms with Crippen LogP contribution in [0.2, 0.25) is 0 Å². The van der Waals surface area contributed by atoms with E-state index in [4.69, 9.17) is 5.21 Å². The first-order chi connectivity index (χ1) is 3.93. The summed E-state index contributed by atoms with van der Waals surface area (Å²) in [6, 6.07) is 3.64. The van der Waals surface area contributed by atoms with Gasteiger partial charge in [0.25, 0.3) is 0 Å². The molecule has 1 aromatic rings. The second-order valence-electron chi connectivity index (χ2n) is 1.37. The molecule has 42 valence electrons. The lowest BCUT2D eigenvalue weighted by Crippen LogP contribution is -1.76. The summed E-state index contributed by atoms with van der Waals surface area (Å²) >= 11 is 0. The van der Waals surface area contributed by atoms with Crippen LogP contribution in [0, 0.1) is 0 Å². The molecule has 0 spiro atoms. The lowest BCUT2D eigenvalue weighted by molar-refractivity contribution is 0.321. The van der Waals surface area contributed by atoms with E-state index in [2.05, 4.69) is 10.1 Å². The number of hydrogen-bond donors (Lipinski definition) is 2. The minimum absolute atomic E-state index is 0.799. The molecule has 0 aliphatic carbocycles. The summed E-state index contributed by atoms with van der Waals surface area (Å²) in [4.78, 5) is 2.83. The minimum Gasteiger partial charge on any atom is -0.411 e. The van der Waals surface area contributed by atoms with Crippen molar-refractivity contribution in [2.45, 2.75) is 0 Å². The quantitative estimate of drug-likeness (QED) is 0.314. The van der Waals surface area contributed by atoms with Crippen LogP contribution in [-0.4, -0.2) is 16.4 Å². The van der Waals surface area contributed by atoms with E-state index < -0.39 is 0 Å². The highest BCUT2D eigenvalue weighted by molar-refractivity contribution is 5.76. The molecule has 1 rings (SSSR count). The fourth-order valence-corrected chi connectivity index (χ4v) is 0.487. The van der Waals surface area contributed by atoms with E-state index in [1.54, 1.807) is 12.3 Å². The van der Waals surface area contributed by atoms with Crippen LogP contribution in [0.4, 0.5) is 0 Å². The van der Waals surface area contributed by atoms with Crippen molar-refractivity contribution in [2.75, 3.05) is 0 Å². The van der Waals surface area contributed by atoms with Gasteiger partial charge in [0, 0.05) is 6.20 Å². The van der Waals surface area contributed by atoms with Gasteiger partial charge in [-0.2, -0.15) is 0 Å². The monoisotopic (exact) mass is 110 g/mol. The van der Waals surface area contributed by atoms with E-state index in [1.807, 2.05) is 6.07 Å². The van der Waals surface area contributed by atoms with Crippen LogP contribution in [0.5, 0.6) is 0 Å². The Hall–Kier alpha value is -1.25. The summed E-state index contributed by atoms with van der Waals surface area (Å²) in [5, 5.41) is 10.8. The Labute approximate surface area is 46.6 Å². The van der Waals surface area contributed by atoms with Crippen molar-refractivity contribution in [1.82, 2.24) is 4.98 Å². The number of H-pyrrole nitrogens is 1. The number of aromatic amines is 1. The number of aromatic nitrogens is 1. The molecular weight excluding hydrogens is 104 g/mol. The van der Waals surface area contributed by atoms with Gasteiger partial charge in [0.15, 0.2) is 0 Å². The fourth-order valence-electron chi connectivity index (χ4n) is 0.487. The average molecular weight is 110 g/mol. The summed E-state index contributed by atoms with van der Waals surface area (Å²) in [5.41, 5.74) is 0.799. The maximum absolute atomic E-state index is 7.99. The smallest absolute Gasteiger partial charge is 0.0896 e. The number of rotatable bonds is 1. The topological polar surface area (TPSA) is 48.4 Å². The molecule has 3 heteroatoms. The number of nitrogens with zero attached hydrogens (tertiary/aromatic N) is 1. The van der Waals surface area contributed by atoms with Gasteiger partial charge in [-0.15, -0.1) is 0 Å². The molecule has 1 heterocycles. The van der Waals surface area contributed by atoms with Gasteiger partial charge in [0.2, 0.25) is 0 Å². The molecule has 0 bridgehead atoms. The Morgan fingerprint density at radius 2 is 2.62 bits per heavy atom. The first-order valence-electron chi connectivity index (χ1n) is 2.24. The summed E-state index contributed by atoms with van der Waals surface area (Å²) in [6.07, 6.45) is 3.09. The Bertz CT molecular complexity index is 167. The Morgan fingerprint density at radius 3 is 3.12 bits per heavy atom. The zero-order valence-corrected chi connectivity index (χ0v) is 4.20. The number of nitrogens with one attached hydrogen (secondary N) is 1. The SMILES string of the molecule is O/N=C\c1ccc[nH]1. The molecule has 0 unspecified atom stereocenters. The van der Waals surface area contributed by atoms with E-state index in [0.29, 0.717) is 0 Å². The first kappa shape index (κ1) is 4.90. The normalized spacial score (nSPS) is 10.5. The van der Waals surface area contributed by atoms with E-state index in [9.17, 15) is 0 Å². The molecule has 3 nitrogen and oxygen atoms in total. The van der Waals surface area contributed by atoms with Crippen molar-refractivity contribution >= 4 is 6.21 Å². The van der Waals surface area contributed by atoms with Crippen molar-refractivity contribution in [3.63, 3.8) is 0 Å². The molecule has 0 fully saturated rings. The molecule has 0 aliphatic rings. The molecule has 8 heavy (non-hydrogen) atoms. The van der Waals surface area contributed by atoms with Gasteiger partial charge < -0.3 is 10.2 Å². The van der Waals surface area contributed by atoms with Crippen molar-refractivity contribution in [2.24, 2.45) is 5.16 Å². The predicted molar refractivity (Wildman–Crippen MR) is 30.2 cm³/mol. The average Bonchev–Trinajstić information content (AvgIpc) is 2.19. The van der Waals surface area contributed by atoms with Gasteiger partial charge in [0.05, 0.1) is 11.9 Å². The van der Waals surface area contributed by atoms with Gasteiger partial charge >= 0.3 is 0 Å². The van der Waals surface area contributed by atoms with Crippen molar-refractivity contribution in [1.29, 1.82) is 0 Å². The lowest BCUT2D eigenvalue weighted by Gasteiger charge is -1.76. The molecule has 0 amide bonds. The van der Waals surface area contributed by atoms with Gasteiger partial charge in [-0.25, -0.2) is 0 Å². The molecule has 0 aromatic carbocycles. The maximum atomic E-state index is 7.99. The summed E-state index contributed by atoms with van der Waals surface area (Å²) in [5.74, 6) is 0. The van der Waals surface area contributed by atoms with Crippen LogP contribution < -0.4 is 0 Å². The first-order valence-corrected chi connectivity index (χ1v) is 2.24. The molecular formula is C5H6N2O. The van der Waals surface area contributed by atoms with E-state index in [0.717, 1.165) is 5.69 Å². The second kappa shape index (κ2) is 2.16. The van der Waals surface area contributed by atoms with Crippen LogP contribution in [0.15, 0.2) is 23.5 Å². The van der Waals surface area contributed by atoms with Crippen molar-refractivity contribution in [3.05, 3.63) is 24.0 Å². The molecule has 0 atom stereocenters. The summed E-state index contributed by atoms with van der Waals surface area (Å²) in [7, 11) is 0. The lowest BCUT2D eigenvalue weighted by atomic mass is 10.5. The molecule has 0 saturated carbocycles. The Kier molecular flexibility index (Phi) is 1.32. The van der Waals surface area contributed by atoms with Crippen LogP contribution in [0.3, 0.4) is 0 Å². The zero-order valence-electron chi connectivity index (χ0n) is 4.20. The molecule has 0 saturated heterocycles. The largest absolute Gasteiger partial charge is 0.411 e. The van der Waals surface area contributed by atoms with Crippen LogP contribution in [-0.2, 0) is 0 Å². The summed E-state index contributed by atoms with van der Waals surface area (Å²) < 4.78 is 0. The van der Waals surface area contributed by atoms with Crippen LogP contribution in [0.25, 0.3) is 0 Å². The number of oxime groups is 1. The fraction of sp³-hybridized carbons (Fsp3) is 0. The third-order valence-electron chi connectivity index (χ3n) is 0.819. The van der Waals surface area contributed by atoms with E-state index >= 15 is 0 Å². The van der Waals surface area contributed by atoms with Gasteiger partial charge in [0.1, 0.15) is 0 Å². The van der Waals surface area contributed by atoms with E-state index in [-0.39, 0.29) is 0 Å². The molecule has 0 aliphatic heterocycles. The Morgan fingerprint density at radius 1 is 1.75 bits per heavy atom. The van der Waals surface area contributed by atoms with E-state index in [1.165, 1.54) is 6.21 Å². The molecule has 0 radical (unpaired) electrons. The van der Waals surface area contributed by atoms with Crippen molar-refractivity contribution in [3.8, 4) is 0 Å². The van der Waals surface area contributed by atoms with Gasteiger partial charge in [-0.05, 0) is 12.1 Å². The van der Waals surface area contributed by atoms with Crippen LogP contribution >= 0.6 is 0 Å². The number of hydrogen-bond acceptors (Lipinski definition) is 2. The Balaban J connectivity index is 2.77. The van der Waals surface area contributed by atoms with Crippen LogP contribution in [0.1, 0.15) is 5.69 Å². The zero-order chi connectivity index (χ0) is 5.82. The highest BCUT2D eigenvalue weighted by Crippen LogP contribution is 1.87. The third-order valence-corrected chi connectivity index (χ3v) is 0.819. The standard InChI is InChI=1S/C5H6N2O/c8-7-4-5-2-1-3-6-5/h1-4,6,8H/b7-4-. The van der Waals surface area contributed by atoms with Gasteiger partial charge in [-0.3, -0.25) is 0 Å². The molecule has 1 aromatic heterocycles. The molecule has 2 N–H and O–H groups in total. The third kappa shape index (κ3) is 0.872. The highest BCUT2D eigenvalue weighted by atomic mass is 16.4. The summed E-state index contributed by atoms with van der Waals surface area (Å²) in [6.45, 7) is 0. The maximum Gasteiger partial charge on any atom is 0.0896 e. The second-order valence-corrected chi connectivity index (χ2v) is 1.37. The predicted octanol–water partition coefficient (Wildman–Crippen LogP) is 0.823. The van der Waals surface area contributed by atoms with Gasteiger partial charge in [-0.1, -0.05) is 5.16 Å². The highest BCUT2D eigenvalue weighted by Gasteiger charge is 1.80.